The number of unbranched alkanes of at least 4 members (excludes halogenated alkanes) is 1. The van der Waals surface area contributed by atoms with E-state index in [1.54, 1.807) is 0 Å². The zero-order valence-electron chi connectivity index (χ0n) is 12.2. The molecule has 18 heavy (non-hydrogen) atoms. The highest BCUT2D eigenvalue weighted by Crippen LogP contribution is 2.20. The molecule has 0 unspecified atom stereocenters. The van der Waals surface area contributed by atoms with E-state index in [2.05, 4.69) is 17.6 Å². The van der Waals surface area contributed by atoms with Crippen LogP contribution in [0, 0.1) is 0 Å². The van der Waals surface area contributed by atoms with Crippen molar-refractivity contribution in [2.75, 3.05) is 6.54 Å². The molecule has 2 N–H and O–H groups in total. The summed E-state index contributed by atoms with van der Waals surface area (Å²) in [6.45, 7) is 8.88. The van der Waals surface area contributed by atoms with Crippen LogP contribution in [0.3, 0.4) is 0 Å². The minimum absolute atomic E-state index is 0.219. The van der Waals surface area contributed by atoms with Crippen molar-refractivity contribution in [1.29, 1.82) is 0 Å². The number of hydrogen-bond donors (Lipinski definition) is 2. The fraction of sp³-hybridized carbons (Fsp3) is 0.929. The minimum atomic E-state index is -0.423. The Morgan fingerprint density at radius 1 is 1.28 bits per heavy atom. The van der Waals surface area contributed by atoms with E-state index >= 15 is 0 Å². The molecule has 0 radical (unpaired) electrons. The van der Waals surface area contributed by atoms with Crippen molar-refractivity contribution in [1.82, 2.24) is 10.6 Å². The van der Waals surface area contributed by atoms with Gasteiger partial charge in [0.1, 0.15) is 5.60 Å². The number of rotatable bonds is 5. The molecule has 2 atom stereocenters. The van der Waals surface area contributed by atoms with Crippen molar-refractivity contribution in [3.63, 3.8) is 0 Å². The van der Waals surface area contributed by atoms with E-state index in [0.717, 1.165) is 19.4 Å². The summed E-state index contributed by atoms with van der Waals surface area (Å²) in [6, 6.07) is 0.626. The van der Waals surface area contributed by atoms with Gasteiger partial charge < -0.3 is 15.4 Å². The van der Waals surface area contributed by atoms with Crippen molar-refractivity contribution in [3.8, 4) is 0 Å². The zero-order chi connectivity index (χ0) is 13.6. The maximum atomic E-state index is 11.7. The van der Waals surface area contributed by atoms with Gasteiger partial charge in [-0.2, -0.15) is 0 Å². The standard InChI is InChI=1S/C14H28N2O2/c1-5-6-10-15-11-8-7-9-12(11)16-13(17)18-14(2,3)4/h11-12,15H,5-10H2,1-4H3,(H,16,17)/t11-,12-/m1/s1. The Labute approximate surface area is 111 Å². The lowest BCUT2D eigenvalue weighted by molar-refractivity contribution is 0.0498. The Morgan fingerprint density at radius 2 is 1.94 bits per heavy atom. The van der Waals surface area contributed by atoms with Gasteiger partial charge in [-0.3, -0.25) is 0 Å². The van der Waals surface area contributed by atoms with Gasteiger partial charge in [0.2, 0.25) is 0 Å². The summed E-state index contributed by atoms with van der Waals surface area (Å²) in [5.74, 6) is 0. The molecule has 1 rings (SSSR count). The molecule has 0 aromatic rings. The van der Waals surface area contributed by atoms with E-state index in [1.165, 1.54) is 19.3 Å². The molecule has 1 amide bonds. The quantitative estimate of drug-likeness (QED) is 0.744. The largest absolute Gasteiger partial charge is 0.444 e. The van der Waals surface area contributed by atoms with Crippen LogP contribution in [0.4, 0.5) is 4.79 Å². The minimum Gasteiger partial charge on any atom is -0.444 e. The highest BCUT2D eigenvalue weighted by atomic mass is 16.6. The van der Waals surface area contributed by atoms with E-state index < -0.39 is 5.60 Å². The summed E-state index contributed by atoms with van der Waals surface area (Å²) in [5, 5.41) is 6.52. The maximum absolute atomic E-state index is 11.7. The van der Waals surface area contributed by atoms with Crippen LogP contribution in [-0.4, -0.2) is 30.3 Å². The van der Waals surface area contributed by atoms with Gasteiger partial charge in [-0.25, -0.2) is 4.79 Å². The van der Waals surface area contributed by atoms with Crippen molar-refractivity contribution in [3.05, 3.63) is 0 Å². The lowest BCUT2D eigenvalue weighted by Gasteiger charge is -2.25. The summed E-state index contributed by atoms with van der Waals surface area (Å²) < 4.78 is 5.30. The van der Waals surface area contributed by atoms with E-state index in [9.17, 15) is 4.79 Å². The maximum Gasteiger partial charge on any atom is 0.407 e. The van der Waals surface area contributed by atoms with Crippen LogP contribution in [0.5, 0.6) is 0 Å². The first-order valence-corrected chi connectivity index (χ1v) is 7.15. The second-order valence-electron chi connectivity index (χ2n) is 6.10. The zero-order valence-corrected chi connectivity index (χ0v) is 12.2. The summed E-state index contributed by atoms with van der Waals surface area (Å²) in [5.41, 5.74) is -0.423. The van der Waals surface area contributed by atoms with Gasteiger partial charge in [-0.15, -0.1) is 0 Å². The summed E-state index contributed by atoms with van der Waals surface area (Å²) >= 11 is 0. The fourth-order valence-corrected chi connectivity index (χ4v) is 2.30. The third-order valence-corrected chi connectivity index (χ3v) is 3.15. The van der Waals surface area contributed by atoms with Gasteiger partial charge in [0, 0.05) is 12.1 Å². The van der Waals surface area contributed by atoms with E-state index in [0.29, 0.717) is 6.04 Å². The van der Waals surface area contributed by atoms with Crippen molar-refractivity contribution >= 4 is 6.09 Å². The number of alkyl carbamates (subject to hydrolysis) is 1. The number of hydrogen-bond acceptors (Lipinski definition) is 3. The molecule has 0 aliphatic heterocycles. The molecule has 4 heteroatoms. The van der Waals surface area contributed by atoms with Crippen molar-refractivity contribution in [2.45, 2.75) is 77.5 Å². The highest BCUT2D eigenvalue weighted by molar-refractivity contribution is 5.68. The monoisotopic (exact) mass is 256 g/mol. The molecular formula is C14H28N2O2. The number of nitrogens with one attached hydrogen (secondary N) is 2. The first-order chi connectivity index (χ1) is 8.42. The topological polar surface area (TPSA) is 50.4 Å². The van der Waals surface area contributed by atoms with Gasteiger partial charge >= 0.3 is 6.09 Å². The van der Waals surface area contributed by atoms with Gasteiger partial charge in [0.25, 0.3) is 0 Å². The second kappa shape index (κ2) is 6.98. The molecular weight excluding hydrogens is 228 g/mol. The predicted octanol–water partition coefficient (Wildman–Crippen LogP) is 2.82. The van der Waals surface area contributed by atoms with Crippen LogP contribution in [0.15, 0.2) is 0 Å². The average molecular weight is 256 g/mol. The smallest absolute Gasteiger partial charge is 0.407 e. The first-order valence-electron chi connectivity index (χ1n) is 7.15. The molecule has 0 aromatic carbocycles. The van der Waals surface area contributed by atoms with Crippen molar-refractivity contribution in [2.24, 2.45) is 0 Å². The molecule has 1 aliphatic carbocycles. The number of carbonyl (C=O) groups is 1. The Kier molecular flexibility index (Phi) is 5.93. The molecule has 0 bridgehead atoms. The molecule has 0 heterocycles. The molecule has 4 nitrogen and oxygen atoms in total. The van der Waals surface area contributed by atoms with Gasteiger partial charge in [0.15, 0.2) is 0 Å². The van der Waals surface area contributed by atoms with Gasteiger partial charge in [0.05, 0.1) is 0 Å². The third kappa shape index (κ3) is 5.71. The Morgan fingerprint density at radius 3 is 2.56 bits per heavy atom. The normalized spacial score (nSPS) is 24.0. The van der Waals surface area contributed by atoms with Crippen LogP contribution < -0.4 is 10.6 Å². The van der Waals surface area contributed by atoms with Crippen LogP contribution in [0.1, 0.15) is 59.8 Å². The van der Waals surface area contributed by atoms with E-state index in [4.69, 9.17) is 4.74 Å². The number of amides is 1. The summed E-state index contributed by atoms with van der Waals surface area (Å²) in [4.78, 5) is 11.7. The molecule has 1 aliphatic rings. The second-order valence-corrected chi connectivity index (χ2v) is 6.10. The number of ether oxygens (including phenoxy) is 1. The lowest BCUT2D eigenvalue weighted by atomic mass is 10.1. The Balaban J connectivity index is 2.33. The average Bonchev–Trinajstić information content (AvgIpc) is 2.63. The van der Waals surface area contributed by atoms with Crippen molar-refractivity contribution < 1.29 is 9.53 Å². The highest BCUT2D eigenvalue weighted by Gasteiger charge is 2.29. The van der Waals surface area contributed by atoms with E-state index in [1.807, 2.05) is 20.8 Å². The third-order valence-electron chi connectivity index (χ3n) is 3.15. The van der Waals surface area contributed by atoms with Crippen LogP contribution >= 0.6 is 0 Å². The van der Waals surface area contributed by atoms with Gasteiger partial charge in [-0.05, 0) is 53.0 Å². The molecule has 1 saturated carbocycles. The molecule has 0 aromatic heterocycles. The first kappa shape index (κ1) is 15.3. The number of carbonyl (C=O) groups excluding carboxylic acids is 1. The summed E-state index contributed by atoms with van der Waals surface area (Å²) in [6.07, 6.45) is 5.45. The van der Waals surface area contributed by atoms with Crippen LogP contribution in [0.25, 0.3) is 0 Å². The fourth-order valence-electron chi connectivity index (χ4n) is 2.30. The molecule has 1 fully saturated rings. The van der Waals surface area contributed by atoms with Gasteiger partial charge in [-0.1, -0.05) is 13.3 Å². The van der Waals surface area contributed by atoms with E-state index in [-0.39, 0.29) is 12.1 Å². The molecule has 0 spiro atoms. The lowest BCUT2D eigenvalue weighted by Crippen LogP contribution is -2.48. The van der Waals surface area contributed by atoms with Crippen LogP contribution in [0.2, 0.25) is 0 Å². The predicted molar refractivity (Wildman–Crippen MR) is 73.7 cm³/mol. The van der Waals surface area contributed by atoms with Crippen LogP contribution in [-0.2, 0) is 4.74 Å². The Hall–Kier alpha value is -0.770. The SMILES string of the molecule is CCCCN[C@@H]1CCC[C@H]1NC(=O)OC(C)(C)C. The molecule has 0 saturated heterocycles. The summed E-state index contributed by atoms with van der Waals surface area (Å²) in [7, 11) is 0. The Bertz CT molecular complexity index is 261. The molecule has 106 valence electrons.